The Morgan fingerprint density at radius 2 is 2.41 bits per heavy atom. The van der Waals surface area contributed by atoms with Crippen LogP contribution in [0, 0.1) is 11.8 Å². The smallest absolute Gasteiger partial charge is 0.223 e. The number of thioether (sulfide) groups is 1. The molecule has 0 radical (unpaired) electrons. The number of carbonyl (C=O) groups is 2. The van der Waals surface area contributed by atoms with E-state index in [1.165, 1.54) is 5.57 Å². The zero-order valence-corrected chi connectivity index (χ0v) is 10.6. The summed E-state index contributed by atoms with van der Waals surface area (Å²) in [5, 5.41) is 2.70. The minimum atomic E-state index is -0.0666. The molecule has 0 N–H and O–H groups in total. The highest BCUT2D eigenvalue weighted by Gasteiger charge is 2.47. The molecule has 3 atom stereocenters. The van der Waals surface area contributed by atoms with E-state index in [-0.39, 0.29) is 17.6 Å². The first kappa shape index (κ1) is 11.1. The van der Waals surface area contributed by atoms with Crippen LogP contribution in [0.25, 0.3) is 0 Å². The van der Waals surface area contributed by atoms with Crippen molar-refractivity contribution in [1.29, 1.82) is 0 Å². The molecule has 3 unspecified atom stereocenters. The zero-order valence-electron chi connectivity index (χ0n) is 9.76. The minimum Gasteiger partial charge on any atom is -0.341 e. The molecule has 4 heteroatoms. The number of hydrogen-bond donors (Lipinski definition) is 0. The van der Waals surface area contributed by atoms with Gasteiger partial charge in [0.15, 0.2) is 0 Å². The third-order valence-electron chi connectivity index (χ3n) is 3.81. The standard InChI is InChI=1S/C13H15NO2S/c1-8(15)9-5-12(16)14(6-9)7-11-10-3-2-4-17-13(10)11/h2-4,9,11,13H,5-7H2,1H3. The Bertz CT molecular complexity index is 441. The third-order valence-corrected chi connectivity index (χ3v) is 5.02. The first-order chi connectivity index (χ1) is 8.16. The predicted molar refractivity (Wildman–Crippen MR) is 67.5 cm³/mol. The van der Waals surface area contributed by atoms with Crippen LogP contribution >= 0.6 is 11.8 Å². The molecular formula is C13H15NO2S. The van der Waals surface area contributed by atoms with Gasteiger partial charge in [-0.05, 0) is 17.9 Å². The van der Waals surface area contributed by atoms with Gasteiger partial charge >= 0.3 is 0 Å². The Hall–Kier alpha value is -1.03. The molecule has 2 heterocycles. The van der Waals surface area contributed by atoms with Crippen LogP contribution in [-0.4, -0.2) is 34.9 Å². The van der Waals surface area contributed by atoms with E-state index in [1.54, 1.807) is 6.92 Å². The van der Waals surface area contributed by atoms with Crippen LogP contribution in [-0.2, 0) is 9.59 Å². The van der Waals surface area contributed by atoms with E-state index in [0.29, 0.717) is 24.1 Å². The molecule has 0 aromatic rings. The first-order valence-electron chi connectivity index (χ1n) is 5.97. The summed E-state index contributed by atoms with van der Waals surface area (Å²) in [6, 6.07) is 0. The number of rotatable bonds is 3. The van der Waals surface area contributed by atoms with Gasteiger partial charge < -0.3 is 4.90 Å². The van der Waals surface area contributed by atoms with Crippen molar-refractivity contribution in [3.63, 3.8) is 0 Å². The largest absolute Gasteiger partial charge is 0.341 e. The molecule has 90 valence electrons. The number of Topliss-reactive ketones (excluding diaryl/α,β-unsaturated/α-hetero) is 1. The molecule has 3 nitrogen and oxygen atoms in total. The van der Waals surface area contributed by atoms with Gasteiger partial charge in [-0.1, -0.05) is 12.2 Å². The summed E-state index contributed by atoms with van der Waals surface area (Å²) in [5.41, 5.74) is 1.46. The van der Waals surface area contributed by atoms with Gasteiger partial charge in [0.1, 0.15) is 5.78 Å². The van der Waals surface area contributed by atoms with E-state index in [9.17, 15) is 9.59 Å². The van der Waals surface area contributed by atoms with Crippen molar-refractivity contribution in [3.8, 4) is 0 Å². The van der Waals surface area contributed by atoms with Gasteiger partial charge in [0.05, 0.1) is 0 Å². The SMILES string of the molecule is CC(=O)C1CC(=O)N(CC2C3=CC=CSC32)C1. The fourth-order valence-corrected chi connectivity index (χ4v) is 3.75. The number of amides is 1. The van der Waals surface area contributed by atoms with Gasteiger partial charge in [0, 0.05) is 36.6 Å². The lowest BCUT2D eigenvalue weighted by molar-refractivity contribution is -0.128. The van der Waals surface area contributed by atoms with Gasteiger partial charge in [-0.2, -0.15) is 0 Å². The summed E-state index contributed by atoms with van der Waals surface area (Å²) in [6.07, 6.45) is 4.65. The second kappa shape index (κ2) is 4.02. The van der Waals surface area contributed by atoms with Crippen molar-refractivity contribution in [3.05, 3.63) is 23.1 Å². The van der Waals surface area contributed by atoms with Crippen LogP contribution in [0.5, 0.6) is 0 Å². The molecule has 2 fully saturated rings. The predicted octanol–water partition coefficient (Wildman–Crippen LogP) is 1.61. The average Bonchev–Trinajstić information content (AvgIpc) is 2.87. The van der Waals surface area contributed by atoms with Crippen molar-refractivity contribution < 1.29 is 9.59 Å². The summed E-state index contributed by atoms with van der Waals surface area (Å²) in [6.45, 7) is 3.01. The van der Waals surface area contributed by atoms with Crippen molar-refractivity contribution in [2.45, 2.75) is 18.6 Å². The molecular weight excluding hydrogens is 234 g/mol. The van der Waals surface area contributed by atoms with Crippen LogP contribution in [0.4, 0.5) is 0 Å². The molecule has 0 aromatic carbocycles. The average molecular weight is 249 g/mol. The molecule has 1 saturated heterocycles. The Morgan fingerprint density at radius 3 is 3.00 bits per heavy atom. The van der Waals surface area contributed by atoms with E-state index < -0.39 is 0 Å². The van der Waals surface area contributed by atoms with Crippen LogP contribution < -0.4 is 0 Å². The Balaban J connectivity index is 1.60. The van der Waals surface area contributed by atoms with Gasteiger partial charge in [0.2, 0.25) is 5.91 Å². The molecule has 3 rings (SSSR count). The molecule has 1 saturated carbocycles. The maximum atomic E-state index is 11.8. The number of nitrogens with zero attached hydrogens (tertiary/aromatic N) is 1. The molecule has 0 spiro atoms. The van der Waals surface area contributed by atoms with Gasteiger partial charge in [-0.15, -0.1) is 11.8 Å². The highest BCUT2D eigenvalue weighted by atomic mass is 32.2. The molecule has 1 aliphatic carbocycles. The summed E-state index contributed by atoms with van der Waals surface area (Å²) in [7, 11) is 0. The number of carbonyl (C=O) groups excluding carboxylic acids is 2. The van der Waals surface area contributed by atoms with Gasteiger partial charge in [0.25, 0.3) is 0 Å². The number of fused-ring (bicyclic) bond motifs is 1. The molecule has 3 aliphatic rings. The molecule has 1 amide bonds. The number of allylic oxidation sites excluding steroid dienone is 2. The van der Waals surface area contributed by atoms with Gasteiger partial charge in [-0.25, -0.2) is 0 Å². The molecule has 2 aliphatic heterocycles. The fraction of sp³-hybridized carbons (Fsp3) is 0.538. The summed E-state index contributed by atoms with van der Waals surface area (Å²) < 4.78 is 0. The van der Waals surface area contributed by atoms with Crippen molar-refractivity contribution in [1.82, 2.24) is 4.90 Å². The maximum Gasteiger partial charge on any atom is 0.223 e. The Morgan fingerprint density at radius 1 is 1.59 bits per heavy atom. The van der Waals surface area contributed by atoms with Crippen molar-refractivity contribution >= 4 is 23.5 Å². The highest BCUT2D eigenvalue weighted by Crippen LogP contribution is 2.51. The quantitative estimate of drug-likeness (QED) is 0.762. The third kappa shape index (κ3) is 1.95. The topological polar surface area (TPSA) is 37.4 Å². The number of ketones is 1. The summed E-state index contributed by atoms with van der Waals surface area (Å²) >= 11 is 1.84. The van der Waals surface area contributed by atoms with Crippen LogP contribution in [0.2, 0.25) is 0 Å². The van der Waals surface area contributed by atoms with Crippen LogP contribution in [0.3, 0.4) is 0 Å². The highest BCUT2D eigenvalue weighted by molar-refractivity contribution is 8.03. The lowest BCUT2D eigenvalue weighted by atomic mass is 10.1. The molecule has 17 heavy (non-hydrogen) atoms. The van der Waals surface area contributed by atoms with Crippen molar-refractivity contribution in [2.75, 3.05) is 13.1 Å². The van der Waals surface area contributed by atoms with E-state index >= 15 is 0 Å². The van der Waals surface area contributed by atoms with E-state index in [1.807, 2.05) is 16.7 Å². The van der Waals surface area contributed by atoms with Crippen LogP contribution in [0.1, 0.15) is 13.3 Å². The number of hydrogen-bond acceptors (Lipinski definition) is 3. The zero-order chi connectivity index (χ0) is 12.0. The lowest BCUT2D eigenvalue weighted by Crippen LogP contribution is -2.28. The normalized spacial score (nSPS) is 34.6. The second-order valence-electron chi connectivity index (χ2n) is 4.97. The molecule has 0 aromatic heterocycles. The first-order valence-corrected chi connectivity index (χ1v) is 6.91. The number of likely N-dealkylation sites (tertiary alicyclic amines) is 1. The Labute approximate surface area is 105 Å². The van der Waals surface area contributed by atoms with Crippen LogP contribution in [0.15, 0.2) is 23.1 Å². The summed E-state index contributed by atoms with van der Waals surface area (Å²) in [5.74, 6) is 0.740. The Kier molecular flexibility index (Phi) is 2.62. The monoisotopic (exact) mass is 249 g/mol. The maximum absolute atomic E-state index is 11.8. The van der Waals surface area contributed by atoms with Gasteiger partial charge in [-0.3, -0.25) is 9.59 Å². The van der Waals surface area contributed by atoms with E-state index in [0.717, 1.165) is 6.54 Å². The van der Waals surface area contributed by atoms with E-state index in [2.05, 4.69) is 17.6 Å². The summed E-state index contributed by atoms with van der Waals surface area (Å²) in [4.78, 5) is 24.9. The lowest BCUT2D eigenvalue weighted by Gasteiger charge is -2.15. The molecule has 0 bridgehead atoms. The fourth-order valence-electron chi connectivity index (χ4n) is 2.64. The van der Waals surface area contributed by atoms with Crippen molar-refractivity contribution in [2.24, 2.45) is 11.8 Å². The van der Waals surface area contributed by atoms with E-state index in [4.69, 9.17) is 0 Å². The minimum absolute atomic E-state index is 0.0666. The second-order valence-corrected chi connectivity index (χ2v) is 6.02.